The van der Waals surface area contributed by atoms with Crippen LogP contribution in [0.2, 0.25) is 0 Å². The third-order valence-electron chi connectivity index (χ3n) is 4.09. The van der Waals surface area contributed by atoms with Crippen LogP contribution in [0.15, 0.2) is 64.1 Å². The molecule has 3 rings (SSSR count). The second-order valence-corrected chi connectivity index (χ2v) is 6.06. The van der Waals surface area contributed by atoms with Gasteiger partial charge in [0.1, 0.15) is 17.3 Å². The van der Waals surface area contributed by atoms with Crippen LogP contribution in [0.5, 0.6) is 5.75 Å². The fraction of sp³-hybridized carbons (Fsp3) is 0.0952. The van der Waals surface area contributed by atoms with E-state index >= 15 is 0 Å². The summed E-state index contributed by atoms with van der Waals surface area (Å²) in [5.41, 5.74) is 4.36. The second kappa shape index (κ2) is 8.75. The first kappa shape index (κ1) is 19.7. The number of hydrazone groups is 1. The van der Waals surface area contributed by atoms with Crippen molar-refractivity contribution in [1.82, 2.24) is 5.43 Å². The average Bonchev–Trinajstić information content (AvgIpc) is 3.17. The highest BCUT2D eigenvalue weighted by Gasteiger charge is 2.11. The molecule has 0 radical (unpaired) electrons. The number of furan rings is 1. The number of para-hydroxylation sites is 2. The Morgan fingerprint density at radius 1 is 1.14 bits per heavy atom. The van der Waals surface area contributed by atoms with Gasteiger partial charge in [-0.1, -0.05) is 24.3 Å². The van der Waals surface area contributed by atoms with Crippen LogP contribution in [-0.2, 0) is 0 Å². The molecule has 0 spiro atoms. The van der Waals surface area contributed by atoms with Crippen LogP contribution < -0.4 is 15.5 Å². The van der Waals surface area contributed by atoms with E-state index in [2.05, 4.69) is 15.8 Å². The molecule has 3 N–H and O–H groups in total. The normalized spacial score (nSPS) is 10.7. The third kappa shape index (κ3) is 4.81. The molecule has 1 aromatic heterocycles. The summed E-state index contributed by atoms with van der Waals surface area (Å²) >= 11 is 0. The smallest absolute Gasteiger partial charge is 0.339 e. The maximum absolute atomic E-state index is 12.0. The zero-order chi connectivity index (χ0) is 20.8. The highest BCUT2D eigenvalue weighted by molar-refractivity contribution is 5.92. The summed E-state index contributed by atoms with van der Waals surface area (Å²) < 4.78 is 10.8. The summed E-state index contributed by atoms with van der Waals surface area (Å²) in [5.74, 6) is 0.423. The number of anilines is 1. The number of carbonyl (C=O) groups is 2. The van der Waals surface area contributed by atoms with Gasteiger partial charge in [0.05, 0.1) is 24.6 Å². The Kier molecular flexibility index (Phi) is 5.94. The van der Waals surface area contributed by atoms with Crippen molar-refractivity contribution in [2.45, 2.75) is 6.92 Å². The summed E-state index contributed by atoms with van der Waals surface area (Å²) in [6.07, 6.45) is 1.34. The number of carboxylic acid groups (broad SMARTS) is 1. The number of benzene rings is 2. The molecule has 0 unspecified atom stereocenters. The van der Waals surface area contributed by atoms with Crippen molar-refractivity contribution in [3.05, 3.63) is 71.5 Å². The van der Waals surface area contributed by atoms with Gasteiger partial charge in [0, 0.05) is 5.56 Å². The predicted molar refractivity (Wildman–Crippen MR) is 109 cm³/mol. The van der Waals surface area contributed by atoms with E-state index in [4.69, 9.17) is 9.15 Å². The number of ether oxygens (including phenoxy) is 1. The lowest BCUT2D eigenvalue weighted by molar-refractivity contribution is 0.0696. The Labute approximate surface area is 166 Å². The molecule has 29 heavy (non-hydrogen) atoms. The average molecular weight is 393 g/mol. The lowest BCUT2D eigenvalue weighted by atomic mass is 10.0. The molecule has 148 valence electrons. The number of nitrogens with one attached hydrogen (secondary N) is 2. The maximum atomic E-state index is 12.0. The first-order valence-corrected chi connectivity index (χ1v) is 8.65. The summed E-state index contributed by atoms with van der Waals surface area (Å²) in [7, 11) is 1.51. The number of aromatic carboxylic acids is 1. The minimum Gasteiger partial charge on any atom is -0.495 e. The number of hydrogen-bond acceptors (Lipinski definition) is 5. The number of aryl methyl sites for hydroxylation is 1. The van der Waals surface area contributed by atoms with Crippen LogP contribution in [-0.4, -0.2) is 30.4 Å². The molecular formula is C21H19N3O5. The van der Waals surface area contributed by atoms with E-state index in [0.29, 0.717) is 34.1 Å². The molecule has 8 heteroatoms. The molecule has 3 aromatic rings. The van der Waals surface area contributed by atoms with E-state index in [1.807, 2.05) is 0 Å². The third-order valence-corrected chi connectivity index (χ3v) is 4.09. The summed E-state index contributed by atoms with van der Waals surface area (Å²) in [6.45, 7) is 1.73. The van der Waals surface area contributed by atoms with E-state index in [1.54, 1.807) is 61.5 Å². The Hall–Kier alpha value is -4.07. The van der Waals surface area contributed by atoms with E-state index in [-0.39, 0.29) is 5.56 Å². The quantitative estimate of drug-likeness (QED) is 0.431. The number of urea groups is 1. The van der Waals surface area contributed by atoms with Crippen LogP contribution in [0.3, 0.4) is 0 Å². The van der Waals surface area contributed by atoms with Crippen LogP contribution >= 0.6 is 0 Å². The number of amides is 2. The van der Waals surface area contributed by atoms with Crippen molar-refractivity contribution >= 4 is 23.9 Å². The van der Waals surface area contributed by atoms with Crippen LogP contribution in [0.4, 0.5) is 10.5 Å². The molecule has 0 fully saturated rings. The van der Waals surface area contributed by atoms with Gasteiger partial charge in [-0.15, -0.1) is 0 Å². The van der Waals surface area contributed by atoms with Gasteiger partial charge in [0.15, 0.2) is 0 Å². The van der Waals surface area contributed by atoms with Crippen molar-refractivity contribution < 1.29 is 23.8 Å². The minimum atomic E-state index is -0.997. The fourth-order valence-electron chi connectivity index (χ4n) is 2.64. The van der Waals surface area contributed by atoms with E-state index in [0.717, 1.165) is 0 Å². The molecule has 2 aromatic carbocycles. The molecule has 1 heterocycles. The molecule has 0 bridgehead atoms. The predicted octanol–water partition coefficient (Wildman–Crippen LogP) is 4.12. The first-order chi connectivity index (χ1) is 14.0. The molecule has 0 saturated heterocycles. The molecule has 8 nitrogen and oxygen atoms in total. The van der Waals surface area contributed by atoms with Gasteiger partial charge in [0.25, 0.3) is 0 Å². The monoisotopic (exact) mass is 393 g/mol. The van der Waals surface area contributed by atoms with Crippen LogP contribution in [0.1, 0.15) is 21.7 Å². The van der Waals surface area contributed by atoms with Gasteiger partial charge in [-0.2, -0.15) is 5.10 Å². The van der Waals surface area contributed by atoms with Gasteiger partial charge in [-0.25, -0.2) is 15.0 Å². The van der Waals surface area contributed by atoms with Gasteiger partial charge >= 0.3 is 12.0 Å². The van der Waals surface area contributed by atoms with Crippen molar-refractivity contribution in [2.24, 2.45) is 5.10 Å². The standard InChI is InChI=1S/C21H19N3O5/c1-13-7-8-14(11-16(13)20(25)26)18-10-9-15(29-18)12-22-24-21(27)23-17-5-3-4-6-19(17)28-2/h3-12H,1-2H3,(H,25,26)(H2,23,24,27). The number of hydrogen-bond donors (Lipinski definition) is 3. The van der Waals surface area contributed by atoms with E-state index in [9.17, 15) is 14.7 Å². The van der Waals surface area contributed by atoms with Crippen LogP contribution in [0.25, 0.3) is 11.3 Å². The van der Waals surface area contributed by atoms with E-state index < -0.39 is 12.0 Å². The molecule has 0 aliphatic carbocycles. The maximum Gasteiger partial charge on any atom is 0.339 e. The number of carboxylic acids is 1. The van der Waals surface area contributed by atoms with Crippen molar-refractivity contribution in [3.63, 3.8) is 0 Å². The van der Waals surface area contributed by atoms with Gasteiger partial charge in [-0.3, -0.25) is 0 Å². The van der Waals surface area contributed by atoms with E-state index in [1.165, 1.54) is 13.3 Å². The molecule has 0 aliphatic heterocycles. The molecule has 2 amide bonds. The SMILES string of the molecule is COc1ccccc1NC(=O)NN=Cc1ccc(-c2ccc(C)c(C(=O)O)c2)o1. The Balaban J connectivity index is 1.64. The molecular weight excluding hydrogens is 374 g/mol. The second-order valence-electron chi connectivity index (χ2n) is 6.06. The zero-order valence-electron chi connectivity index (χ0n) is 15.8. The lowest BCUT2D eigenvalue weighted by Crippen LogP contribution is -2.24. The number of nitrogens with zero attached hydrogens (tertiary/aromatic N) is 1. The van der Waals surface area contributed by atoms with Crippen molar-refractivity contribution in [1.29, 1.82) is 0 Å². The Morgan fingerprint density at radius 3 is 2.69 bits per heavy atom. The highest BCUT2D eigenvalue weighted by Crippen LogP contribution is 2.24. The topological polar surface area (TPSA) is 113 Å². The van der Waals surface area contributed by atoms with Crippen molar-refractivity contribution in [3.8, 4) is 17.1 Å². The largest absolute Gasteiger partial charge is 0.495 e. The summed E-state index contributed by atoms with van der Waals surface area (Å²) in [4.78, 5) is 23.2. The van der Waals surface area contributed by atoms with Crippen LogP contribution in [0, 0.1) is 6.92 Å². The summed E-state index contributed by atoms with van der Waals surface area (Å²) in [6, 6.07) is 14.9. The van der Waals surface area contributed by atoms with Gasteiger partial charge < -0.3 is 19.6 Å². The minimum absolute atomic E-state index is 0.212. The molecule has 0 atom stereocenters. The highest BCUT2D eigenvalue weighted by atomic mass is 16.5. The zero-order valence-corrected chi connectivity index (χ0v) is 15.8. The Morgan fingerprint density at radius 2 is 1.93 bits per heavy atom. The summed E-state index contributed by atoms with van der Waals surface area (Å²) in [5, 5.41) is 15.7. The molecule has 0 saturated carbocycles. The Bertz CT molecular complexity index is 1070. The first-order valence-electron chi connectivity index (χ1n) is 8.65. The number of rotatable bonds is 6. The fourth-order valence-corrected chi connectivity index (χ4v) is 2.64. The molecule has 0 aliphatic rings. The number of methoxy groups -OCH3 is 1. The number of carbonyl (C=O) groups excluding carboxylic acids is 1. The van der Waals surface area contributed by atoms with Gasteiger partial charge in [0.2, 0.25) is 0 Å². The lowest BCUT2D eigenvalue weighted by Gasteiger charge is -2.08. The van der Waals surface area contributed by atoms with Gasteiger partial charge in [-0.05, 0) is 42.8 Å². The van der Waals surface area contributed by atoms with Crippen molar-refractivity contribution in [2.75, 3.05) is 12.4 Å².